The van der Waals surface area contributed by atoms with Gasteiger partial charge in [-0.25, -0.2) is 0 Å². The number of hydrogen-bond donors (Lipinski definition) is 3. The third-order valence-electron chi connectivity index (χ3n) is 3.96. The van der Waals surface area contributed by atoms with Crippen LogP contribution in [0.1, 0.15) is 37.0 Å². The molecule has 0 aromatic heterocycles. The van der Waals surface area contributed by atoms with Gasteiger partial charge in [-0.15, -0.1) is 0 Å². The molecule has 0 bridgehead atoms. The molecule has 0 radical (unpaired) electrons. The van der Waals surface area contributed by atoms with Gasteiger partial charge in [0, 0.05) is 25.2 Å². The Bertz CT molecular complexity index is 448. The first-order valence-corrected chi connectivity index (χ1v) is 7.41. The summed E-state index contributed by atoms with van der Waals surface area (Å²) in [6, 6.07) is 8.99. The summed E-state index contributed by atoms with van der Waals surface area (Å²) in [7, 11) is 0. The molecule has 2 amide bonds. The van der Waals surface area contributed by atoms with Crippen LogP contribution in [0.5, 0.6) is 0 Å². The molecule has 0 aliphatic rings. The molecule has 0 aliphatic heterocycles. The van der Waals surface area contributed by atoms with Gasteiger partial charge >= 0.3 is 0 Å². The van der Waals surface area contributed by atoms with Crippen LogP contribution in [-0.2, 0) is 4.79 Å². The molecule has 0 saturated carbocycles. The highest BCUT2D eigenvalue weighted by Crippen LogP contribution is 2.24. The van der Waals surface area contributed by atoms with E-state index in [1.54, 1.807) is 12.1 Å². The van der Waals surface area contributed by atoms with Crippen molar-refractivity contribution < 1.29 is 9.59 Å². The van der Waals surface area contributed by atoms with E-state index < -0.39 is 5.41 Å². The maximum Gasteiger partial charge on any atom is 0.251 e. The zero-order chi connectivity index (χ0) is 15.7. The van der Waals surface area contributed by atoms with Crippen LogP contribution in [0.2, 0.25) is 0 Å². The Morgan fingerprint density at radius 1 is 1.05 bits per heavy atom. The highest BCUT2D eigenvalue weighted by atomic mass is 16.2. The molecular formula is C16H25N3O2. The average molecular weight is 291 g/mol. The minimum atomic E-state index is -0.497. The van der Waals surface area contributed by atoms with Crippen molar-refractivity contribution >= 4 is 11.8 Å². The number of benzene rings is 1. The molecule has 1 rings (SSSR count). The third kappa shape index (κ3) is 4.56. The lowest BCUT2D eigenvalue weighted by atomic mass is 9.81. The van der Waals surface area contributed by atoms with Crippen LogP contribution in [0.15, 0.2) is 30.3 Å². The molecule has 1 aromatic rings. The van der Waals surface area contributed by atoms with Crippen LogP contribution in [0, 0.1) is 5.41 Å². The molecule has 0 heterocycles. The number of amides is 2. The normalized spacial score (nSPS) is 11.0. The van der Waals surface area contributed by atoms with E-state index in [1.807, 2.05) is 32.0 Å². The van der Waals surface area contributed by atoms with Crippen molar-refractivity contribution in [3.05, 3.63) is 35.9 Å². The van der Waals surface area contributed by atoms with Crippen LogP contribution in [0.4, 0.5) is 0 Å². The van der Waals surface area contributed by atoms with E-state index >= 15 is 0 Å². The number of nitrogens with two attached hydrogens (primary N) is 1. The molecule has 5 nitrogen and oxygen atoms in total. The first kappa shape index (κ1) is 17.2. The first-order valence-electron chi connectivity index (χ1n) is 7.41. The molecule has 4 N–H and O–H groups in total. The predicted octanol–water partition coefficient (Wildman–Crippen LogP) is 1.30. The van der Waals surface area contributed by atoms with Gasteiger partial charge in [-0.05, 0) is 25.0 Å². The lowest BCUT2D eigenvalue weighted by Gasteiger charge is -2.28. The maximum atomic E-state index is 12.2. The molecule has 0 unspecified atom stereocenters. The van der Waals surface area contributed by atoms with E-state index in [-0.39, 0.29) is 11.8 Å². The van der Waals surface area contributed by atoms with Crippen molar-refractivity contribution in [1.82, 2.24) is 10.6 Å². The Balaban J connectivity index is 2.37. The highest BCUT2D eigenvalue weighted by molar-refractivity contribution is 5.94. The van der Waals surface area contributed by atoms with Gasteiger partial charge in [-0.2, -0.15) is 0 Å². The second-order valence-electron chi connectivity index (χ2n) is 5.07. The van der Waals surface area contributed by atoms with Crippen molar-refractivity contribution in [2.75, 3.05) is 19.6 Å². The van der Waals surface area contributed by atoms with Crippen LogP contribution >= 0.6 is 0 Å². The molecule has 0 atom stereocenters. The minimum Gasteiger partial charge on any atom is -0.354 e. The summed E-state index contributed by atoms with van der Waals surface area (Å²) in [6.45, 7) is 5.06. The summed E-state index contributed by atoms with van der Waals surface area (Å²) >= 11 is 0. The van der Waals surface area contributed by atoms with E-state index in [0.29, 0.717) is 38.0 Å². The zero-order valence-electron chi connectivity index (χ0n) is 12.8. The number of rotatable bonds is 8. The molecule has 0 spiro atoms. The van der Waals surface area contributed by atoms with Crippen LogP contribution < -0.4 is 16.4 Å². The fourth-order valence-corrected chi connectivity index (χ4v) is 2.18. The number of carbonyl (C=O) groups excluding carboxylic acids is 2. The molecular weight excluding hydrogens is 266 g/mol. The molecule has 0 saturated heterocycles. The number of nitrogens with one attached hydrogen (secondary N) is 2. The van der Waals surface area contributed by atoms with E-state index in [0.717, 1.165) is 0 Å². The first-order chi connectivity index (χ1) is 10.1. The molecule has 1 aromatic carbocycles. The third-order valence-corrected chi connectivity index (χ3v) is 3.96. The fourth-order valence-electron chi connectivity index (χ4n) is 2.18. The molecule has 0 aliphatic carbocycles. The lowest BCUT2D eigenvalue weighted by molar-refractivity contribution is -0.130. The molecule has 116 valence electrons. The summed E-state index contributed by atoms with van der Waals surface area (Å²) in [5.41, 5.74) is 5.84. The Labute approximate surface area is 126 Å². The van der Waals surface area contributed by atoms with Crippen molar-refractivity contribution in [2.24, 2.45) is 11.1 Å². The molecule has 21 heavy (non-hydrogen) atoms. The summed E-state index contributed by atoms with van der Waals surface area (Å²) in [4.78, 5) is 24.0. The van der Waals surface area contributed by atoms with Crippen molar-refractivity contribution in [3.63, 3.8) is 0 Å². The second kappa shape index (κ2) is 8.42. The van der Waals surface area contributed by atoms with Crippen LogP contribution in [-0.4, -0.2) is 31.4 Å². The van der Waals surface area contributed by atoms with Gasteiger partial charge in [0.15, 0.2) is 0 Å². The summed E-state index contributed by atoms with van der Waals surface area (Å²) in [5, 5.41) is 5.62. The Morgan fingerprint density at radius 2 is 1.62 bits per heavy atom. The summed E-state index contributed by atoms with van der Waals surface area (Å²) in [6.07, 6.45) is 1.42. The lowest BCUT2D eigenvalue weighted by Crippen LogP contribution is -2.47. The Kier molecular flexibility index (Phi) is 6.88. The van der Waals surface area contributed by atoms with Crippen LogP contribution in [0.25, 0.3) is 0 Å². The SMILES string of the molecule is CCC(CC)(CN)C(=O)NCCNC(=O)c1ccccc1. The highest BCUT2D eigenvalue weighted by Gasteiger charge is 2.32. The van der Waals surface area contributed by atoms with E-state index in [1.165, 1.54) is 0 Å². The number of hydrogen-bond acceptors (Lipinski definition) is 3. The van der Waals surface area contributed by atoms with Gasteiger partial charge < -0.3 is 16.4 Å². The van der Waals surface area contributed by atoms with E-state index in [2.05, 4.69) is 10.6 Å². The van der Waals surface area contributed by atoms with E-state index in [4.69, 9.17) is 5.73 Å². The predicted molar refractivity (Wildman–Crippen MR) is 83.9 cm³/mol. The largest absolute Gasteiger partial charge is 0.354 e. The fraction of sp³-hybridized carbons (Fsp3) is 0.500. The maximum absolute atomic E-state index is 12.2. The zero-order valence-corrected chi connectivity index (χ0v) is 12.8. The van der Waals surface area contributed by atoms with Gasteiger partial charge in [0.25, 0.3) is 5.91 Å². The second-order valence-corrected chi connectivity index (χ2v) is 5.07. The summed E-state index contributed by atoms with van der Waals surface area (Å²) in [5.74, 6) is -0.176. The van der Waals surface area contributed by atoms with Gasteiger partial charge in [0.2, 0.25) is 5.91 Å². The van der Waals surface area contributed by atoms with Crippen molar-refractivity contribution in [1.29, 1.82) is 0 Å². The average Bonchev–Trinajstić information content (AvgIpc) is 2.54. The standard InChI is InChI=1S/C16H25N3O2/c1-3-16(4-2,12-17)15(21)19-11-10-18-14(20)13-8-6-5-7-9-13/h5-9H,3-4,10-12,17H2,1-2H3,(H,18,20)(H,19,21). The van der Waals surface area contributed by atoms with Gasteiger partial charge in [0.05, 0.1) is 5.41 Å². The monoisotopic (exact) mass is 291 g/mol. The number of carbonyl (C=O) groups is 2. The van der Waals surface area contributed by atoms with Gasteiger partial charge in [0.1, 0.15) is 0 Å². The smallest absolute Gasteiger partial charge is 0.251 e. The molecule has 5 heteroatoms. The van der Waals surface area contributed by atoms with Crippen LogP contribution in [0.3, 0.4) is 0 Å². The quantitative estimate of drug-likeness (QED) is 0.631. The summed E-state index contributed by atoms with van der Waals surface area (Å²) < 4.78 is 0. The van der Waals surface area contributed by atoms with Gasteiger partial charge in [-0.3, -0.25) is 9.59 Å². The van der Waals surface area contributed by atoms with Crippen molar-refractivity contribution in [3.8, 4) is 0 Å². The Hall–Kier alpha value is -1.88. The van der Waals surface area contributed by atoms with E-state index in [9.17, 15) is 9.59 Å². The van der Waals surface area contributed by atoms with Crippen molar-refractivity contribution in [2.45, 2.75) is 26.7 Å². The minimum absolute atomic E-state index is 0.0380. The molecule has 0 fully saturated rings. The van der Waals surface area contributed by atoms with Gasteiger partial charge in [-0.1, -0.05) is 32.0 Å². The topological polar surface area (TPSA) is 84.2 Å². The Morgan fingerprint density at radius 3 is 2.14 bits per heavy atom.